The van der Waals surface area contributed by atoms with E-state index < -0.39 is 0 Å². The Bertz CT molecular complexity index is 708. The Labute approximate surface area is 115 Å². The van der Waals surface area contributed by atoms with Gasteiger partial charge in [0.25, 0.3) is 0 Å². The van der Waals surface area contributed by atoms with Crippen molar-refractivity contribution in [2.75, 3.05) is 0 Å². The van der Waals surface area contributed by atoms with Gasteiger partial charge < -0.3 is 4.57 Å². The van der Waals surface area contributed by atoms with Crippen molar-refractivity contribution >= 4 is 26.8 Å². The molecule has 3 rings (SSSR count). The van der Waals surface area contributed by atoms with Crippen LogP contribution in [0.5, 0.6) is 0 Å². The van der Waals surface area contributed by atoms with Gasteiger partial charge in [-0.15, -0.1) is 0 Å². The van der Waals surface area contributed by atoms with Crippen LogP contribution >= 0.6 is 15.9 Å². The fourth-order valence-corrected chi connectivity index (χ4v) is 2.70. The zero-order valence-electron chi connectivity index (χ0n) is 10.4. The summed E-state index contributed by atoms with van der Waals surface area (Å²) in [6, 6.07) is 17.3. The molecule has 0 saturated carbocycles. The Balaban J connectivity index is 2.23. The molecule has 0 amide bonds. The van der Waals surface area contributed by atoms with Crippen molar-refractivity contribution < 1.29 is 0 Å². The van der Waals surface area contributed by atoms with Crippen LogP contribution in [0.2, 0.25) is 0 Å². The first-order valence-corrected chi connectivity index (χ1v) is 6.76. The number of aryl methyl sites for hydroxylation is 2. The van der Waals surface area contributed by atoms with E-state index in [1.54, 1.807) is 0 Å². The first-order valence-electron chi connectivity index (χ1n) is 5.97. The summed E-state index contributed by atoms with van der Waals surface area (Å²) >= 11 is 3.52. The van der Waals surface area contributed by atoms with Gasteiger partial charge in [-0.05, 0) is 36.8 Å². The van der Waals surface area contributed by atoms with Crippen LogP contribution in [0.3, 0.4) is 0 Å². The van der Waals surface area contributed by atoms with Crippen LogP contribution in [0.4, 0.5) is 0 Å². The summed E-state index contributed by atoms with van der Waals surface area (Å²) in [4.78, 5) is 0. The fourth-order valence-electron chi connectivity index (χ4n) is 2.32. The molecule has 0 unspecified atom stereocenters. The summed E-state index contributed by atoms with van der Waals surface area (Å²) in [5.74, 6) is 0. The molecular formula is C16H14BrN. The van der Waals surface area contributed by atoms with E-state index in [1.165, 1.54) is 27.7 Å². The number of rotatable bonds is 1. The molecule has 0 aliphatic heterocycles. The van der Waals surface area contributed by atoms with E-state index in [9.17, 15) is 0 Å². The molecule has 1 heterocycles. The highest BCUT2D eigenvalue weighted by atomic mass is 79.9. The molecule has 1 aromatic heterocycles. The highest BCUT2D eigenvalue weighted by Crippen LogP contribution is 2.29. The zero-order valence-corrected chi connectivity index (χ0v) is 12.0. The number of aromatic nitrogens is 1. The maximum absolute atomic E-state index is 3.52. The zero-order chi connectivity index (χ0) is 12.7. The van der Waals surface area contributed by atoms with Crippen molar-refractivity contribution in [1.82, 2.24) is 4.57 Å². The molecule has 0 spiro atoms. The molecule has 0 atom stereocenters. The number of hydrogen-bond acceptors (Lipinski definition) is 0. The lowest BCUT2D eigenvalue weighted by Crippen LogP contribution is -1.90. The standard InChI is InChI=1S/C16H14BrN/c1-11-3-5-12(6-4-11)16-10-13-9-14(17)7-8-15(13)18(16)2/h3-10H,1-2H3. The third-order valence-corrected chi connectivity index (χ3v) is 3.85. The van der Waals surface area contributed by atoms with Gasteiger partial charge in [-0.2, -0.15) is 0 Å². The Kier molecular flexibility index (Phi) is 2.75. The number of hydrogen-bond donors (Lipinski definition) is 0. The Morgan fingerprint density at radius 2 is 1.67 bits per heavy atom. The van der Waals surface area contributed by atoms with Gasteiger partial charge in [0, 0.05) is 28.1 Å². The molecule has 0 fully saturated rings. The van der Waals surface area contributed by atoms with E-state index in [1.807, 2.05) is 0 Å². The molecular weight excluding hydrogens is 286 g/mol. The SMILES string of the molecule is Cc1ccc(-c2cc3cc(Br)ccc3n2C)cc1. The van der Waals surface area contributed by atoms with E-state index in [0.29, 0.717) is 0 Å². The number of nitrogens with zero attached hydrogens (tertiary/aromatic N) is 1. The van der Waals surface area contributed by atoms with Gasteiger partial charge in [0.2, 0.25) is 0 Å². The van der Waals surface area contributed by atoms with Crippen LogP contribution < -0.4 is 0 Å². The van der Waals surface area contributed by atoms with E-state index in [-0.39, 0.29) is 0 Å². The van der Waals surface area contributed by atoms with Gasteiger partial charge in [-0.3, -0.25) is 0 Å². The maximum atomic E-state index is 3.52. The number of fused-ring (bicyclic) bond motifs is 1. The monoisotopic (exact) mass is 299 g/mol. The van der Waals surface area contributed by atoms with Crippen molar-refractivity contribution in [3.05, 3.63) is 58.6 Å². The summed E-state index contributed by atoms with van der Waals surface area (Å²) in [6.45, 7) is 2.11. The van der Waals surface area contributed by atoms with E-state index >= 15 is 0 Å². The molecule has 0 N–H and O–H groups in total. The second kappa shape index (κ2) is 4.29. The van der Waals surface area contributed by atoms with E-state index in [0.717, 1.165) is 4.47 Å². The lowest BCUT2D eigenvalue weighted by atomic mass is 10.1. The highest BCUT2D eigenvalue weighted by Gasteiger charge is 2.07. The van der Waals surface area contributed by atoms with Crippen LogP contribution in [0.15, 0.2) is 53.0 Å². The molecule has 0 aliphatic carbocycles. The molecule has 0 saturated heterocycles. The second-order valence-electron chi connectivity index (χ2n) is 4.66. The van der Waals surface area contributed by atoms with Crippen LogP contribution in [-0.4, -0.2) is 4.57 Å². The fraction of sp³-hybridized carbons (Fsp3) is 0.125. The Morgan fingerprint density at radius 1 is 0.944 bits per heavy atom. The topological polar surface area (TPSA) is 4.93 Å². The predicted octanol–water partition coefficient (Wildman–Crippen LogP) is 4.92. The van der Waals surface area contributed by atoms with Gasteiger partial charge in [-0.25, -0.2) is 0 Å². The van der Waals surface area contributed by atoms with Crippen LogP contribution in [-0.2, 0) is 7.05 Å². The summed E-state index contributed by atoms with van der Waals surface area (Å²) < 4.78 is 3.36. The Hall–Kier alpha value is -1.54. The first-order chi connectivity index (χ1) is 8.65. The molecule has 2 aromatic carbocycles. The average Bonchev–Trinajstić information content (AvgIpc) is 2.67. The minimum Gasteiger partial charge on any atom is -0.344 e. The summed E-state index contributed by atoms with van der Waals surface area (Å²) in [6.07, 6.45) is 0. The quantitative estimate of drug-likeness (QED) is 0.601. The molecule has 90 valence electrons. The third-order valence-electron chi connectivity index (χ3n) is 3.35. The minimum atomic E-state index is 1.12. The maximum Gasteiger partial charge on any atom is 0.0488 e. The largest absolute Gasteiger partial charge is 0.344 e. The van der Waals surface area contributed by atoms with Crippen molar-refractivity contribution in [2.45, 2.75) is 6.92 Å². The molecule has 0 aliphatic rings. The van der Waals surface area contributed by atoms with Crippen molar-refractivity contribution in [3.8, 4) is 11.3 Å². The minimum absolute atomic E-state index is 1.12. The summed E-state index contributed by atoms with van der Waals surface area (Å²) in [5, 5.41) is 1.27. The van der Waals surface area contributed by atoms with E-state index in [4.69, 9.17) is 0 Å². The van der Waals surface area contributed by atoms with Gasteiger partial charge in [-0.1, -0.05) is 45.8 Å². The molecule has 0 bridgehead atoms. The third kappa shape index (κ3) is 1.87. The lowest BCUT2D eigenvalue weighted by molar-refractivity contribution is 0.978. The molecule has 2 heteroatoms. The molecule has 18 heavy (non-hydrogen) atoms. The van der Waals surface area contributed by atoms with Gasteiger partial charge in [0.15, 0.2) is 0 Å². The molecule has 3 aromatic rings. The van der Waals surface area contributed by atoms with Crippen LogP contribution in [0.25, 0.3) is 22.2 Å². The second-order valence-corrected chi connectivity index (χ2v) is 5.57. The first kappa shape index (κ1) is 11.5. The van der Waals surface area contributed by atoms with Crippen molar-refractivity contribution in [2.24, 2.45) is 7.05 Å². The summed E-state index contributed by atoms with van der Waals surface area (Å²) in [5.41, 5.74) is 5.06. The van der Waals surface area contributed by atoms with Crippen LogP contribution in [0, 0.1) is 6.92 Å². The predicted molar refractivity (Wildman–Crippen MR) is 80.8 cm³/mol. The average molecular weight is 300 g/mol. The van der Waals surface area contributed by atoms with Gasteiger partial charge in [0.05, 0.1) is 0 Å². The molecule has 1 nitrogen and oxygen atoms in total. The van der Waals surface area contributed by atoms with Crippen LogP contribution in [0.1, 0.15) is 5.56 Å². The summed E-state index contributed by atoms with van der Waals surface area (Å²) in [7, 11) is 2.12. The highest BCUT2D eigenvalue weighted by molar-refractivity contribution is 9.10. The molecule has 0 radical (unpaired) electrons. The number of halogens is 1. The van der Waals surface area contributed by atoms with Crippen molar-refractivity contribution in [3.63, 3.8) is 0 Å². The van der Waals surface area contributed by atoms with Crippen molar-refractivity contribution in [1.29, 1.82) is 0 Å². The van der Waals surface area contributed by atoms with Gasteiger partial charge in [0.1, 0.15) is 0 Å². The van der Waals surface area contributed by atoms with E-state index in [2.05, 4.69) is 83.0 Å². The lowest BCUT2D eigenvalue weighted by Gasteiger charge is -2.04. The Morgan fingerprint density at radius 3 is 2.39 bits per heavy atom. The smallest absolute Gasteiger partial charge is 0.0488 e. The number of benzene rings is 2. The van der Waals surface area contributed by atoms with Gasteiger partial charge >= 0.3 is 0 Å². The normalized spacial score (nSPS) is 11.1.